The molecule has 1 aromatic rings. The first kappa shape index (κ1) is 6.36. The first-order valence-electron chi connectivity index (χ1n) is 3.78. The highest BCUT2D eigenvalue weighted by atomic mass is 14.7. The number of nitriles is 1. The quantitative estimate of drug-likeness (QED) is 0.552. The molecule has 0 amide bonds. The van der Waals surface area contributed by atoms with Crippen LogP contribution in [0.15, 0.2) is 12.3 Å². The molecule has 0 atom stereocenters. The largest absolute Gasteiger partial charge is 0.261 e. The third-order valence-electron chi connectivity index (χ3n) is 2.11. The van der Waals surface area contributed by atoms with Crippen LogP contribution in [0.1, 0.15) is 23.2 Å². The summed E-state index contributed by atoms with van der Waals surface area (Å²) in [6, 6.07) is 3.98. The van der Waals surface area contributed by atoms with E-state index in [0.29, 0.717) is 0 Å². The van der Waals surface area contributed by atoms with Gasteiger partial charge in [0.2, 0.25) is 0 Å². The van der Waals surface area contributed by atoms with E-state index >= 15 is 0 Å². The van der Waals surface area contributed by atoms with Crippen LogP contribution >= 0.6 is 0 Å². The van der Waals surface area contributed by atoms with E-state index in [2.05, 4.69) is 11.1 Å². The molecule has 2 heteroatoms. The summed E-state index contributed by atoms with van der Waals surface area (Å²) in [6.45, 7) is 0. The van der Waals surface area contributed by atoms with Crippen LogP contribution in [-0.2, 0) is 12.8 Å². The van der Waals surface area contributed by atoms with Gasteiger partial charge in [-0.05, 0) is 30.9 Å². The molecule has 2 nitrogen and oxygen atoms in total. The summed E-state index contributed by atoms with van der Waals surface area (Å²) in [4.78, 5) is 4.22. The topological polar surface area (TPSA) is 36.7 Å². The maximum Gasteiger partial charge on any atom is 0.0995 e. The first-order chi connectivity index (χ1) is 5.42. The molecular formula is C9H8N2. The average Bonchev–Trinajstić information content (AvgIpc) is 2.50. The number of aromatic nitrogens is 1. The van der Waals surface area contributed by atoms with E-state index in [0.717, 1.165) is 30.5 Å². The second-order valence-electron chi connectivity index (χ2n) is 2.75. The molecule has 0 unspecified atom stereocenters. The zero-order valence-corrected chi connectivity index (χ0v) is 6.17. The summed E-state index contributed by atoms with van der Waals surface area (Å²) in [5, 5.41) is 8.72. The van der Waals surface area contributed by atoms with Crippen molar-refractivity contribution >= 4 is 0 Å². The number of pyridine rings is 1. The van der Waals surface area contributed by atoms with Crippen molar-refractivity contribution in [2.75, 3.05) is 0 Å². The molecule has 1 aliphatic carbocycles. The Bertz CT molecular complexity index is 323. The van der Waals surface area contributed by atoms with Crippen molar-refractivity contribution in [3.8, 4) is 6.07 Å². The standard InChI is InChI=1S/C9H8N2/c10-6-7-4-5-11-9-3-1-2-8(7)9/h4-5H,1-3H2. The van der Waals surface area contributed by atoms with Crippen molar-refractivity contribution in [1.82, 2.24) is 4.98 Å². The van der Waals surface area contributed by atoms with E-state index in [4.69, 9.17) is 5.26 Å². The summed E-state index contributed by atoms with van der Waals surface area (Å²) in [7, 11) is 0. The minimum atomic E-state index is 0.812. The Morgan fingerprint density at radius 1 is 1.45 bits per heavy atom. The molecule has 0 aliphatic heterocycles. The molecule has 54 valence electrons. The lowest BCUT2D eigenvalue weighted by Crippen LogP contribution is -1.90. The predicted octanol–water partition coefficient (Wildman–Crippen LogP) is 1.44. The van der Waals surface area contributed by atoms with Gasteiger partial charge in [-0.2, -0.15) is 5.26 Å². The van der Waals surface area contributed by atoms with Gasteiger partial charge in [-0.1, -0.05) is 0 Å². The minimum Gasteiger partial charge on any atom is -0.261 e. The van der Waals surface area contributed by atoms with Crippen molar-refractivity contribution in [1.29, 1.82) is 5.26 Å². The van der Waals surface area contributed by atoms with Crippen molar-refractivity contribution in [3.63, 3.8) is 0 Å². The highest BCUT2D eigenvalue weighted by Gasteiger charge is 2.14. The van der Waals surface area contributed by atoms with Crippen LogP contribution in [0.2, 0.25) is 0 Å². The highest BCUT2D eigenvalue weighted by Crippen LogP contribution is 2.22. The van der Waals surface area contributed by atoms with Gasteiger partial charge in [0.05, 0.1) is 11.6 Å². The minimum absolute atomic E-state index is 0.812. The van der Waals surface area contributed by atoms with Crippen molar-refractivity contribution in [3.05, 3.63) is 29.1 Å². The van der Waals surface area contributed by atoms with Crippen LogP contribution in [-0.4, -0.2) is 4.98 Å². The molecule has 0 saturated heterocycles. The summed E-state index contributed by atoms with van der Waals surface area (Å²) < 4.78 is 0. The van der Waals surface area contributed by atoms with Gasteiger partial charge in [-0.25, -0.2) is 0 Å². The molecule has 0 saturated carbocycles. The van der Waals surface area contributed by atoms with E-state index in [-0.39, 0.29) is 0 Å². The van der Waals surface area contributed by atoms with E-state index in [1.807, 2.05) is 0 Å². The lowest BCUT2D eigenvalue weighted by atomic mass is 10.1. The summed E-state index contributed by atoms with van der Waals surface area (Å²) in [5.74, 6) is 0. The molecule has 0 bridgehead atoms. The molecule has 1 heterocycles. The van der Waals surface area contributed by atoms with Gasteiger partial charge in [0.15, 0.2) is 0 Å². The fourth-order valence-electron chi connectivity index (χ4n) is 1.57. The van der Waals surface area contributed by atoms with Crippen LogP contribution in [0.25, 0.3) is 0 Å². The SMILES string of the molecule is N#Cc1ccnc2c1CCC2. The maximum atomic E-state index is 8.72. The van der Waals surface area contributed by atoms with Gasteiger partial charge < -0.3 is 0 Å². The van der Waals surface area contributed by atoms with E-state index in [1.54, 1.807) is 12.3 Å². The molecule has 0 N–H and O–H groups in total. The van der Waals surface area contributed by atoms with Crippen molar-refractivity contribution in [2.24, 2.45) is 0 Å². The Balaban J connectivity index is 2.61. The van der Waals surface area contributed by atoms with Gasteiger partial charge in [-0.3, -0.25) is 4.98 Å². The lowest BCUT2D eigenvalue weighted by Gasteiger charge is -1.97. The molecule has 11 heavy (non-hydrogen) atoms. The molecule has 1 aromatic heterocycles. The van der Waals surface area contributed by atoms with Crippen LogP contribution < -0.4 is 0 Å². The fourth-order valence-corrected chi connectivity index (χ4v) is 1.57. The molecule has 0 radical (unpaired) electrons. The number of nitrogens with zero attached hydrogens (tertiary/aromatic N) is 2. The van der Waals surface area contributed by atoms with Crippen LogP contribution in [0.5, 0.6) is 0 Å². The zero-order valence-electron chi connectivity index (χ0n) is 6.17. The number of rotatable bonds is 0. The first-order valence-corrected chi connectivity index (χ1v) is 3.78. The van der Waals surface area contributed by atoms with Gasteiger partial charge in [-0.15, -0.1) is 0 Å². The molecule has 0 aromatic carbocycles. The molecule has 0 fully saturated rings. The van der Waals surface area contributed by atoms with Crippen molar-refractivity contribution < 1.29 is 0 Å². The second-order valence-corrected chi connectivity index (χ2v) is 2.75. The smallest absolute Gasteiger partial charge is 0.0995 e. The van der Waals surface area contributed by atoms with Gasteiger partial charge in [0, 0.05) is 11.9 Å². The predicted molar refractivity (Wildman–Crippen MR) is 41.0 cm³/mol. The Kier molecular flexibility index (Phi) is 1.36. The maximum absolute atomic E-state index is 8.72. The summed E-state index contributed by atoms with van der Waals surface area (Å²) in [6.07, 6.45) is 4.96. The molecule has 1 aliphatic rings. The average molecular weight is 144 g/mol. The zero-order chi connectivity index (χ0) is 7.68. The third kappa shape index (κ3) is 0.894. The highest BCUT2D eigenvalue weighted by molar-refractivity contribution is 5.41. The Hall–Kier alpha value is -1.36. The number of fused-ring (bicyclic) bond motifs is 1. The normalized spacial score (nSPS) is 14.1. The molecule has 0 spiro atoms. The number of hydrogen-bond donors (Lipinski definition) is 0. The Morgan fingerprint density at radius 3 is 3.18 bits per heavy atom. The Labute approximate surface area is 65.5 Å². The summed E-state index contributed by atoms with van der Waals surface area (Å²) >= 11 is 0. The monoisotopic (exact) mass is 144 g/mol. The fraction of sp³-hybridized carbons (Fsp3) is 0.333. The van der Waals surface area contributed by atoms with E-state index < -0.39 is 0 Å². The number of aryl methyl sites for hydroxylation is 1. The van der Waals surface area contributed by atoms with E-state index in [1.165, 1.54) is 5.56 Å². The summed E-state index contributed by atoms with van der Waals surface area (Å²) in [5.41, 5.74) is 3.12. The second kappa shape index (κ2) is 2.35. The van der Waals surface area contributed by atoms with Crippen molar-refractivity contribution in [2.45, 2.75) is 19.3 Å². The molecule has 2 rings (SSSR count). The van der Waals surface area contributed by atoms with Gasteiger partial charge >= 0.3 is 0 Å². The Morgan fingerprint density at radius 2 is 2.36 bits per heavy atom. The third-order valence-corrected chi connectivity index (χ3v) is 2.11. The van der Waals surface area contributed by atoms with Crippen LogP contribution in [0.3, 0.4) is 0 Å². The van der Waals surface area contributed by atoms with Crippen LogP contribution in [0, 0.1) is 11.3 Å². The molecular weight excluding hydrogens is 136 g/mol. The number of hydrogen-bond acceptors (Lipinski definition) is 2. The van der Waals surface area contributed by atoms with Gasteiger partial charge in [0.25, 0.3) is 0 Å². The van der Waals surface area contributed by atoms with Crippen LogP contribution in [0.4, 0.5) is 0 Å². The lowest BCUT2D eigenvalue weighted by molar-refractivity contribution is 0.899. The van der Waals surface area contributed by atoms with Gasteiger partial charge in [0.1, 0.15) is 0 Å². The van der Waals surface area contributed by atoms with E-state index in [9.17, 15) is 0 Å².